The molecule has 19 heavy (non-hydrogen) atoms. The van der Waals surface area contributed by atoms with Crippen LogP contribution in [0, 0.1) is 17.8 Å². The van der Waals surface area contributed by atoms with Gasteiger partial charge >= 0.3 is 0 Å². The van der Waals surface area contributed by atoms with Crippen molar-refractivity contribution < 1.29 is 15.3 Å². The lowest BCUT2D eigenvalue weighted by Gasteiger charge is -2.37. The monoisotopic (exact) mass is 264 g/mol. The van der Waals surface area contributed by atoms with Crippen LogP contribution in [0.4, 0.5) is 0 Å². The maximum atomic E-state index is 9.69. The van der Waals surface area contributed by atoms with E-state index in [0.29, 0.717) is 23.7 Å². The fourth-order valence-electron chi connectivity index (χ4n) is 3.42. The number of hydrogen-bond acceptors (Lipinski definition) is 3. The number of phenols is 3. The Hall–Kier alpha value is -1.38. The molecule has 0 amide bonds. The van der Waals surface area contributed by atoms with Crippen molar-refractivity contribution in [2.45, 2.75) is 46.0 Å². The Bertz CT molecular complexity index is 430. The predicted octanol–water partition coefficient (Wildman–Crippen LogP) is 3.98. The van der Waals surface area contributed by atoms with Crippen molar-refractivity contribution in [3.63, 3.8) is 0 Å². The first-order valence-corrected chi connectivity index (χ1v) is 7.15. The average Bonchev–Trinajstić information content (AvgIpc) is 2.34. The molecule has 3 atom stereocenters. The molecule has 0 unspecified atom stereocenters. The summed E-state index contributed by atoms with van der Waals surface area (Å²) in [4.78, 5) is 0. The van der Waals surface area contributed by atoms with Gasteiger partial charge in [-0.3, -0.25) is 0 Å². The number of phenolic OH excluding ortho intramolecular Hbond substituents is 3. The molecule has 3 heteroatoms. The summed E-state index contributed by atoms with van der Waals surface area (Å²) in [7, 11) is 0. The fourth-order valence-corrected chi connectivity index (χ4v) is 3.42. The fraction of sp³-hybridized carbons (Fsp3) is 0.625. The third-order valence-corrected chi connectivity index (χ3v) is 4.54. The molecule has 1 aliphatic carbocycles. The summed E-state index contributed by atoms with van der Waals surface area (Å²) in [5, 5.41) is 28.8. The van der Waals surface area contributed by atoms with E-state index in [-0.39, 0.29) is 11.5 Å². The second-order valence-corrected chi connectivity index (χ2v) is 6.34. The Balaban J connectivity index is 2.36. The zero-order valence-corrected chi connectivity index (χ0v) is 11.9. The molecule has 1 saturated carbocycles. The molecule has 0 aromatic heterocycles. The van der Waals surface area contributed by atoms with Gasteiger partial charge in [0.2, 0.25) is 0 Å². The SMILES string of the molecule is CC(C)[C@@H]1CC[C@@H](C)C[C@H]1c1cc(O)c(O)c(O)c1. The molecule has 0 aliphatic heterocycles. The Labute approximate surface area is 114 Å². The van der Waals surface area contributed by atoms with Crippen LogP contribution in [-0.2, 0) is 0 Å². The number of benzene rings is 1. The molecule has 0 heterocycles. The lowest BCUT2D eigenvalue weighted by atomic mass is 9.67. The first kappa shape index (κ1) is 14.0. The highest BCUT2D eigenvalue weighted by atomic mass is 16.3. The minimum atomic E-state index is -0.422. The van der Waals surface area contributed by atoms with E-state index < -0.39 is 5.75 Å². The molecule has 3 N–H and O–H groups in total. The highest BCUT2D eigenvalue weighted by Gasteiger charge is 2.32. The smallest absolute Gasteiger partial charge is 0.200 e. The van der Waals surface area contributed by atoms with Crippen LogP contribution in [0.1, 0.15) is 51.5 Å². The minimum Gasteiger partial charge on any atom is -0.504 e. The summed E-state index contributed by atoms with van der Waals surface area (Å²) >= 11 is 0. The molecule has 1 aromatic rings. The first-order chi connectivity index (χ1) is 8.90. The van der Waals surface area contributed by atoms with Gasteiger partial charge in [0.25, 0.3) is 0 Å². The van der Waals surface area contributed by atoms with Crippen molar-refractivity contribution in [1.29, 1.82) is 0 Å². The molecule has 2 rings (SSSR count). The van der Waals surface area contributed by atoms with Crippen molar-refractivity contribution in [2.75, 3.05) is 0 Å². The van der Waals surface area contributed by atoms with E-state index in [0.717, 1.165) is 12.0 Å². The standard InChI is InChI=1S/C16H24O3/c1-9(2)12-5-4-10(3)6-13(12)11-7-14(17)16(19)15(18)8-11/h7-10,12-13,17-19H,4-6H2,1-3H3/t10-,12+,13+/m1/s1. The second kappa shape index (κ2) is 5.32. The summed E-state index contributed by atoms with van der Waals surface area (Å²) in [6.07, 6.45) is 3.51. The van der Waals surface area contributed by atoms with Gasteiger partial charge in [-0.25, -0.2) is 0 Å². The van der Waals surface area contributed by atoms with Gasteiger partial charge in [-0.1, -0.05) is 27.2 Å². The van der Waals surface area contributed by atoms with Crippen LogP contribution >= 0.6 is 0 Å². The van der Waals surface area contributed by atoms with Crippen LogP contribution in [0.25, 0.3) is 0 Å². The van der Waals surface area contributed by atoms with Gasteiger partial charge in [0.05, 0.1) is 0 Å². The van der Waals surface area contributed by atoms with Crippen LogP contribution in [0.5, 0.6) is 17.2 Å². The maximum Gasteiger partial charge on any atom is 0.200 e. The largest absolute Gasteiger partial charge is 0.504 e. The van der Waals surface area contributed by atoms with Gasteiger partial charge in [-0.15, -0.1) is 0 Å². The Morgan fingerprint density at radius 1 is 1.05 bits per heavy atom. The Morgan fingerprint density at radius 3 is 2.16 bits per heavy atom. The molecule has 0 radical (unpaired) electrons. The molecule has 3 nitrogen and oxygen atoms in total. The number of aromatic hydroxyl groups is 3. The van der Waals surface area contributed by atoms with E-state index in [4.69, 9.17) is 0 Å². The number of rotatable bonds is 2. The van der Waals surface area contributed by atoms with Crippen molar-refractivity contribution in [3.05, 3.63) is 17.7 Å². The van der Waals surface area contributed by atoms with Gasteiger partial charge in [0, 0.05) is 0 Å². The van der Waals surface area contributed by atoms with E-state index in [2.05, 4.69) is 20.8 Å². The molecule has 1 aromatic carbocycles. The number of hydrogen-bond donors (Lipinski definition) is 3. The summed E-state index contributed by atoms with van der Waals surface area (Å²) in [6, 6.07) is 3.21. The van der Waals surface area contributed by atoms with Gasteiger partial charge in [0.1, 0.15) is 0 Å². The van der Waals surface area contributed by atoms with E-state index >= 15 is 0 Å². The Morgan fingerprint density at radius 2 is 1.63 bits per heavy atom. The van der Waals surface area contributed by atoms with Crippen LogP contribution in [0.15, 0.2) is 12.1 Å². The summed E-state index contributed by atoms with van der Waals surface area (Å²) in [5.74, 6) is 1.29. The van der Waals surface area contributed by atoms with Crippen LogP contribution in [0.3, 0.4) is 0 Å². The van der Waals surface area contributed by atoms with E-state index in [1.54, 1.807) is 12.1 Å². The van der Waals surface area contributed by atoms with Crippen molar-refractivity contribution in [1.82, 2.24) is 0 Å². The quantitative estimate of drug-likeness (QED) is 0.708. The highest BCUT2D eigenvalue weighted by Crippen LogP contribution is 2.47. The van der Waals surface area contributed by atoms with Crippen molar-refractivity contribution in [3.8, 4) is 17.2 Å². The molecular weight excluding hydrogens is 240 g/mol. The summed E-state index contributed by atoms with van der Waals surface area (Å²) in [5.41, 5.74) is 0.943. The molecule has 0 saturated heterocycles. The van der Waals surface area contributed by atoms with Gasteiger partial charge in [-0.05, 0) is 54.2 Å². The van der Waals surface area contributed by atoms with Crippen LogP contribution in [-0.4, -0.2) is 15.3 Å². The van der Waals surface area contributed by atoms with Crippen LogP contribution < -0.4 is 0 Å². The maximum absolute atomic E-state index is 9.69. The lowest BCUT2D eigenvalue weighted by Crippen LogP contribution is -2.26. The van der Waals surface area contributed by atoms with Gasteiger partial charge in [0.15, 0.2) is 17.2 Å². The molecule has 1 fully saturated rings. The van der Waals surface area contributed by atoms with Gasteiger partial charge < -0.3 is 15.3 Å². The molecule has 106 valence electrons. The summed E-state index contributed by atoms with van der Waals surface area (Å²) < 4.78 is 0. The zero-order chi connectivity index (χ0) is 14.2. The minimum absolute atomic E-state index is 0.226. The average molecular weight is 264 g/mol. The third-order valence-electron chi connectivity index (χ3n) is 4.54. The molecule has 0 spiro atoms. The van der Waals surface area contributed by atoms with E-state index in [9.17, 15) is 15.3 Å². The Kier molecular flexibility index (Phi) is 3.93. The van der Waals surface area contributed by atoms with E-state index in [1.165, 1.54) is 12.8 Å². The summed E-state index contributed by atoms with van der Waals surface area (Å²) in [6.45, 7) is 6.71. The zero-order valence-electron chi connectivity index (χ0n) is 11.9. The van der Waals surface area contributed by atoms with Crippen molar-refractivity contribution >= 4 is 0 Å². The second-order valence-electron chi connectivity index (χ2n) is 6.34. The lowest BCUT2D eigenvalue weighted by molar-refractivity contribution is 0.196. The van der Waals surface area contributed by atoms with Crippen molar-refractivity contribution in [2.24, 2.45) is 17.8 Å². The van der Waals surface area contributed by atoms with Gasteiger partial charge in [-0.2, -0.15) is 0 Å². The topological polar surface area (TPSA) is 60.7 Å². The van der Waals surface area contributed by atoms with E-state index in [1.807, 2.05) is 0 Å². The molecule has 1 aliphatic rings. The molecular formula is C16H24O3. The highest BCUT2D eigenvalue weighted by molar-refractivity contribution is 5.52. The predicted molar refractivity (Wildman–Crippen MR) is 75.5 cm³/mol. The van der Waals surface area contributed by atoms with Crippen LogP contribution in [0.2, 0.25) is 0 Å². The molecule has 0 bridgehead atoms. The first-order valence-electron chi connectivity index (χ1n) is 7.15. The third kappa shape index (κ3) is 2.80. The normalized spacial score (nSPS) is 27.7.